The molecule has 1 N–H and O–H groups in total. The third kappa shape index (κ3) is 10.3. The molecule has 1 saturated heterocycles. The fourth-order valence-corrected chi connectivity index (χ4v) is 6.10. The summed E-state index contributed by atoms with van der Waals surface area (Å²) in [5, 5.41) is 16.7. The number of hydrogen-bond acceptors (Lipinski definition) is 9. The van der Waals surface area contributed by atoms with Crippen molar-refractivity contribution < 1.29 is 33.4 Å². The summed E-state index contributed by atoms with van der Waals surface area (Å²) in [5.41, 5.74) is 3.69. The Bertz CT molecular complexity index is 1690. The number of benzene rings is 4. The third-order valence-corrected chi connectivity index (χ3v) is 8.41. The van der Waals surface area contributed by atoms with Gasteiger partial charge in [-0.25, -0.2) is 4.79 Å². The largest absolute Gasteiger partial charge is 0.462 e. The second-order valence-electron chi connectivity index (χ2n) is 12.6. The molecule has 1 fully saturated rings. The van der Waals surface area contributed by atoms with Gasteiger partial charge in [-0.1, -0.05) is 121 Å². The van der Waals surface area contributed by atoms with Gasteiger partial charge in [0.2, 0.25) is 0 Å². The highest BCUT2D eigenvalue weighted by atomic mass is 16.7. The van der Waals surface area contributed by atoms with Gasteiger partial charge in [0.05, 0.1) is 44.3 Å². The number of esters is 1. The van der Waals surface area contributed by atoms with Crippen LogP contribution in [0.5, 0.6) is 0 Å². The standard InChI is InChI=1S/C41H46N2O8/c1-4-48-41(44)35(36(42-29(2)3)33-23-15-8-16-24-33)39-37(43(45)46)40(50-27-32-21-13-7-14-22-32)38(49-26-31-19-11-6-12-20-31)34(51-39)28-47-25-30-17-9-5-10-18-30/h5-24,29,34,37-40,42H,4,25-28H2,1-3H3/b36-35-/t34-,37+,38-,39+,40-/m1/s1. The first-order valence-electron chi connectivity index (χ1n) is 17.3. The van der Waals surface area contributed by atoms with Gasteiger partial charge in [-0.15, -0.1) is 0 Å². The predicted molar refractivity (Wildman–Crippen MR) is 194 cm³/mol. The molecule has 0 amide bonds. The van der Waals surface area contributed by atoms with Crippen LogP contribution in [0.25, 0.3) is 5.70 Å². The maximum Gasteiger partial charge on any atom is 0.339 e. The average Bonchev–Trinajstić information content (AvgIpc) is 3.14. The van der Waals surface area contributed by atoms with Gasteiger partial charge in [0.1, 0.15) is 12.2 Å². The molecule has 0 aromatic heterocycles. The van der Waals surface area contributed by atoms with E-state index in [1.165, 1.54) is 0 Å². The lowest BCUT2D eigenvalue weighted by Gasteiger charge is -2.43. The van der Waals surface area contributed by atoms with Gasteiger partial charge in [0, 0.05) is 11.0 Å². The van der Waals surface area contributed by atoms with E-state index in [2.05, 4.69) is 5.32 Å². The normalized spacial score (nSPS) is 20.7. The van der Waals surface area contributed by atoms with E-state index in [0.29, 0.717) is 11.3 Å². The van der Waals surface area contributed by atoms with Gasteiger partial charge < -0.3 is 29.0 Å². The Labute approximate surface area is 299 Å². The minimum atomic E-state index is -1.56. The number of carbonyl (C=O) groups is 1. The molecule has 1 heterocycles. The van der Waals surface area contributed by atoms with E-state index >= 15 is 0 Å². The van der Waals surface area contributed by atoms with Crippen molar-refractivity contribution in [2.45, 2.75) is 77.1 Å². The topological polar surface area (TPSA) is 118 Å². The monoisotopic (exact) mass is 694 g/mol. The van der Waals surface area contributed by atoms with Crippen LogP contribution in [0.1, 0.15) is 43.0 Å². The molecular formula is C41H46N2O8. The first-order valence-corrected chi connectivity index (χ1v) is 17.3. The van der Waals surface area contributed by atoms with Crippen molar-refractivity contribution in [1.29, 1.82) is 0 Å². The van der Waals surface area contributed by atoms with Crippen molar-refractivity contribution in [2.24, 2.45) is 0 Å². The zero-order valence-electron chi connectivity index (χ0n) is 29.3. The average molecular weight is 695 g/mol. The molecule has 0 aliphatic carbocycles. The van der Waals surface area contributed by atoms with Crippen molar-refractivity contribution >= 4 is 11.7 Å². The quantitative estimate of drug-likeness (QED) is 0.0554. The molecule has 268 valence electrons. The Hall–Kier alpha value is -4.87. The number of hydrogen-bond donors (Lipinski definition) is 1. The minimum Gasteiger partial charge on any atom is -0.462 e. The van der Waals surface area contributed by atoms with Gasteiger partial charge in [0.25, 0.3) is 6.04 Å². The molecule has 51 heavy (non-hydrogen) atoms. The van der Waals surface area contributed by atoms with E-state index in [0.717, 1.165) is 16.7 Å². The summed E-state index contributed by atoms with van der Waals surface area (Å²) >= 11 is 0. The highest BCUT2D eigenvalue weighted by Crippen LogP contribution is 2.36. The second kappa shape index (κ2) is 18.9. The molecular weight excluding hydrogens is 648 g/mol. The molecule has 1 aliphatic heterocycles. The van der Waals surface area contributed by atoms with Crippen LogP contribution in [0.4, 0.5) is 0 Å². The molecule has 0 bridgehead atoms. The SMILES string of the molecule is CCOC(=O)/C(=C(\NC(C)C)c1ccccc1)[C@@H]1O[C@H](COCc2ccccc2)[C@@H](OCc2ccccc2)[C@H](OCc2ccccc2)[C@H]1[N+](=O)[O-]. The number of ether oxygens (including phenoxy) is 5. The highest BCUT2D eigenvalue weighted by Gasteiger charge is 2.57. The van der Waals surface area contributed by atoms with Gasteiger partial charge in [-0.05, 0) is 43.0 Å². The fraction of sp³-hybridized carbons (Fsp3) is 0.341. The van der Waals surface area contributed by atoms with Crippen LogP contribution in [0, 0.1) is 10.1 Å². The smallest absolute Gasteiger partial charge is 0.339 e. The van der Waals surface area contributed by atoms with E-state index in [-0.39, 0.29) is 44.6 Å². The van der Waals surface area contributed by atoms with Crippen LogP contribution in [-0.4, -0.2) is 60.6 Å². The van der Waals surface area contributed by atoms with Crippen molar-refractivity contribution in [3.05, 3.63) is 159 Å². The van der Waals surface area contributed by atoms with E-state index < -0.39 is 41.4 Å². The number of nitrogens with zero attached hydrogens (tertiary/aromatic N) is 1. The molecule has 4 aromatic rings. The Kier molecular flexibility index (Phi) is 13.9. The molecule has 0 saturated carbocycles. The van der Waals surface area contributed by atoms with Gasteiger partial charge in [-0.2, -0.15) is 0 Å². The first-order chi connectivity index (χ1) is 24.9. The van der Waals surface area contributed by atoms with Crippen LogP contribution >= 0.6 is 0 Å². The Morgan fingerprint density at radius 1 is 0.765 bits per heavy atom. The van der Waals surface area contributed by atoms with Crippen LogP contribution in [0.2, 0.25) is 0 Å². The summed E-state index contributed by atoms with van der Waals surface area (Å²) in [6, 6.07) is 36.2. The first kappa shape index (κ1) is 37.4. The molecule has 0 unspecified atom stereocenters. The Balaban J connectivity index is 1.63. The lowest BCUT2D eigenvalue weighted by Crippen LogP contribution is -2.64. The zero-order chi connectivity index (χ0) is 36.0. The lowest BCUT2D eigenvalue weighted by atomic mass is 9.86. The summed E-state index contributed by atoms with van der Waals surface area (Å²) in [7, 11) is 0. The number of carbonyl (C=O) groups excluding carboxylic acids is 1. The Morgan fingerprint density at radius 3 is 1.75 bits per heavy atom. The maximum absolute atomic E-state index is 14.1. The van der Waals surface area contributed by atoms with Crippen LogP contribution < -0.4 is 5.32 Å². The maximum atomic E-state index is 14.1. The second-order valence-corrected chi connectivity index (χ2v) is 12.6. The summed E-state index contributed by atoms with van der Waals surface area (Å²) in [4.78, 5) is 27.0. The third-order valence-electron chi connectivity index (χ3n) is 8.41. The highest BCUT2D eigenvalue weighted by molar-refractivity contribution is 5.98. The predicted octanol–water partition coefficient (Wildman–Crippen LogP) is 6.76. The van der Waals surface area contributed by atoms with Crippen LogP contribution in [0.3, 0.4) is 0 Å². The van der Waals surface area contributed by atoms with E-state index in [1.807, 2.05) is 135 Å². The van der Waals surface area contributed by atoms with E-state index in [9.17, 15) is 14.9 Å². The van der Waals surface area contributed by atoms with E-state index in [1.54, 1.807) is 6.92 Å². The van der Waals surface area contributed by atoms with Crippen LogP contribution in [-0.2, 0) is 48.3 Å². The van der Waals surface area contributed by atoms with Crippen molar-refractivity contribution in [3.8, 4) is 0 Å². The van der Waals surface area contributed by atoms with Gasteiger partial charge in [0.15, 0.2) is 12.2 Å². The summed E-state index contributed by atoms with van der Waals surface area (Å²) in [6.45, 7) is 6.11. The van der Waals surface area contributed by atoms with Gasteiger partial charge in [-0.3, -0.25) is 10.1 Å². The van der Waals surface area contributed by atoms with Crippen molar-refractivity contribution in [1.82, 2.24) is 5.32 Å². The molecule has 1 aliphatic rings. The van der Waals surface area contributed by atoms with Gasteiger partial charge >= 0.3 is 5.97 Å². The molecule has 5 rings (SSSR count). The Morgan fingerprint density at radius 2 is 1.25 bits per heavy atom. The molecule has 5 atom stereocenters. The number of rotatable bonds is 17. The summed E-state index contributed by atoms with van der Waals surface area (Å²) in [6.07, 6.45) is -4.38. The fourth-order valence-electron chi connectivity index (χ4n) is 6.10. The molecule has 10 heteroatoms. The van der Waals surface area contributed by atoms with E-state index in [4.69, 9.17) is 23.7 Å². The minimum absolute atomic E-state index is 0.00123. The lowest BCUT2D eigenvalue weighted by molar-refractivity contribution is -0.558. The summed E-state index contributed by atoms with van der Waals surface area (Å²) in [5.74, 6) is -0.726. The number of nitro groups is 1. The molecule has 10 nitrogen and oxygen atoms in total. The molecule has 0 radical (unpaired) electrons. The van der Waals surface area contributed by atoms with Crippen molar-refractivity contribution in [2.75, 3.05) is 13.2 Å². The zero-order valence-corrected chi connectivity index (χ0v) is 29.3. The van der Waals surface area contributed by atoms with Crippen LogP contribution in [0.15, 0.2) is 127 Å². The molecule has 0 spiro atoms. The number of nitrogens with one attached hydrogen (secondary N) is 1. The summed E-state index contributed by atoms with van der Waals surface area (Å²) < 4.78 is 31.6. The molecule has 4 aromatic carbocycles. The van der Waals surface area contributed by atoms with Crippen molar-refractivity contribution in [3.63, 3.8) is 0 Å².